The van der Waals surface area contributed by atoms with Crippen LogP contribution in [0.5, 0.6) is 0 Å². The number of alkyl halides is 3. The topological polar surface area (TPSA) is 70.6 Å². The lowest BCUT2D eigenvalue weighted by atomic mass is 10.1. The van der Waals surface area contributed by atoms with Crippen LogP contribution in [0.25, 0.3) is 10.6 Å². The molecule has 1 aliphatic rings. The molecule has 1 saturated heterocycles. The second-order valence-electron chi connectivity index (χ2n) is 7.31. The maximum atomic E-state index is 12.9. The molecule has 0 unspecified atom stereocenters. The number of aromatic nitrogens is 1. The predicted molar refractivity (Wildman–Crippen MR) is 109 cm³/mol. The molecule has 0 radical (unpaired) electrons. The van der Waals surface area contributed by atoms with Gasteiger partial charge in [0.2, 0.25) is 10.0 Å². The van der Waals surface area contributed by atoms with Gasteiger partial charge in [-0.1, -0.05) is 12.1 Å². The van der Waals surface area contributed by atoms with Gasteiger partial charge in [0, 0.05) is 31.7 Å². The highest BCUT2D eigenvalue weighted by atomic mass is 32.2. The number of sulfonamides is 1. The van der Waals surface area contributed by atoms with E-state index in [-0.39, 0.29) is 11.9 Å². The van der Waals surface area contributed by atoms with E-state index in [9.17, 15) is 26.4 Å². The van der Waals surface area contributed by atoms with Crippen LogP contribution in [0.15, 0.2) is 24.3 Å². The average molecular weight is 462 g/mol. The molecule has 11 heteroatoms. The van der Waals surface area contributed by atoms with Gasteiger partial charge in [0.1, 0.15) is 9.88 Å². The largest absolute Gasteiger partial charge is 0.416 e. The number of carbonyl (C=O) groups excluding carboxylic acids is 1. The van der Waals surface area contributed by atoms with Gasteiger partial charge in [-0.05, 0) is 31.9 Å². The lowest BCUT2D eigenvalue weighted by Crippen LogP contribution is -2.47. The van der Waals surface area contributed by atoms with E-state index in [0.29, 0.717) is 47.1 Å². The number of carbonyl (C=O) groups is 1. The highest BCUT2D eigenvalue weighted by Crippen LogP contribution is 2.33. The first-order valence-electron chi connectivity index (χ1n) is 9.25. The number of hydrogen-bond acceptors (Lipinski definition) is 5. The Morgan fingerprint density at radius 2 is 1.77 bits per heavy atom. The molecule has 164 valence electrons. The fourth-order valence-electron chi connectivity index (χ4n) is 3.37. The van der Waals surface area contributed by atoms with Crippen molar-refractivity contribution in [3.8, 4) is 10.6 Å². The molecule has 2 aromatic rings. The van der Waals surface area contributed by atoms with Gasteiger partial charge in [-0.2, -0.15) is 13.2 Å². The van der Waals surface area contributed by atoms with Crippen molar-refractivity contribution in [2.45, 2.75) is 32.0 Å². The number of benzene rings is 1. The molecule has 30 heavy (non-hydrogen) atoms. The first kappa shape index (κ1) is 22.7. The van der Waals surface area contributed by atoms with E-state index in [0.717, 1.165) is 29.7 Å². The first-order chi connectivity index (χ1) is 13.9. The second-order valence-corrected chi connectivity index (χ2v) is 10.4. The number of nitrogens with zero attached hydrogens (tertiary/aromatic N) is 3. The Balaban J connectivity index is 1.72. The number of rotatable bonds is 4. The van der Waals surface area contributed by atoms with Crippen LogP contribution in [0, 0.1) is 6.92 Å². The summed E-state index contributed by atoms with van der Waals surface area (Å²) in [5.74, 6) is -0.191. The number of halogens is 3. The van der Waals surface area contributed by atoms with Crippen LogP contribution in [0.2, 0.25) is 0 Å². The summed E-state index contributed by atoms with van der Waals surface area (Å²) in [6.07, 6.45) is -2.17. The number of likely N-dealkylation sites (tertiary alicyclic amines) is 1. The molecule has 1 aromatic carbocycles. The summed E-state index contributed by atoms with van der Waals surface area (Å²) >= 11 is 1.15. The first-order valence-corrected chi connectivity index (χ1v) is 11.9. The fraction of sp³-hybridized carbons (Fsp3) is 0.474. The molecule has 0 spiro atoms. The van der Waals surface area contributed by atoms with Crippen LogP contribution in [0.1, 0.15) is 33.8 Å². The van der Waals surface area contributed by atoms with Crippen molar-refractivity contribution in [2.75, 3.05) is 26.4 Å². The van der Waals surface area contributed by atoms with Crippen molar-refractivity contribution >= 4 is 27.3 Å². The Morgan fingerprint density at radius 3 is 2.27 bits per heavy atom. The summed E-state index contributed by atoms with van der Waals surface area (Å²) < 4.78 is 63.0. The highest BCUT2D eigenvalue weighted by molar-refractivity contribution is 7.88. The van der Waals surface area contributed by atoms with Crippen LogP contribution in [0.3, 0.4) is 0 Å². The monoisotopic (exact) mass is 461 g/mol. The third-order valence-corrected chi connectivity index (χ3v) is 7.78. The van der Waals surface area contributed by atoms with Crippen molar-refractivity contribution in [1.82, 2.24) is 14.2 Å². The van der Waals surface area contributed by atoms with E-state index in [1.807, 2.05) is 0 Å². The quantitative estimate of drug-likeness (QED) is 0.697. The van der Waals surface area contributed by atoms with Gasteiger partial charge < -0.3 is 4.90 Å². The molecular formula is C19H22F3N3O3S2. The molecule has 2 heterocycles. The number of thiazole rings is 1. The molecule has 0 saturated carbocycles. The minimum absolute atomic E-state index is 0.144. The predicted octanol–water partition coefficient (Wildman–Crippen LogP) is 3.63. The van der Waals surface area contributed by atoms with Gasteiger partial charge in [0.15, 0.2) is 0 Å². The van der Waals surface area contributed by atoms with Crippen LogP contribution in [-0.4, -0.2) is 60.9 Å². The van der Waals surface area contributed by atoms with Crippen molar-refractivity contribution in [1.29, 1.82) is 0 Å². The van der Waals surface area contributed by atoms with E-state index in [4.69, 9.17) is 0 Å². The van der Waals surface area contributed by atoms with Gasteiger partial charge >= 0.3 is 6.18 Å². The minimum atomic E-state index is -4.41. The number of amides is 1. The molecule has 1 fully saturated rings. The van der Waals surface area contributed by atoms with Gasteiger partial charge in [-0.25, -0.2) is 17.7 Å². The van der Waals surface area contributed by atoms with Crippen molar-refractivity contribution in [3.05, 3.63) is 40.4 Å². The molecule has 3 rings (SSSR count). The molecule has 0 N–H and O–H groups in total. The fourth-order valence-corrected chi connectivity index (χ4v) is 5.16. The number of piperidine rings is 1. The summed E-state index contributed by atoms with van der Waals surface area (Å²) in [5, 5.41) is 0.483. The van der Waals surface area contributed by atoms with Crippen molar-refractivity contribution in [3.63, 3.8) is 0 Å². The molecule has 1 amide bonds. The van der Waals surface area contributed by atoms with Crippen LogP contribution >= 0.6 is 11.3 Å². The molecule has 0 aliphatic carbocycles. The Kier molecular flexibility index (Phi) is 6.26. The van der Waals surface area contributed by atoms with Gasteiger partial charge in [-0.15, -0.1) is 11.3 Å². The third-order valence-electron chi connectivity index (χ3n) is 5.24. The van der Waals surface area contributed by atoms with Crippen LogP contribution in [-0.2, 0) is 16.2 Å². The lowest BCUT2D eigenvalue weighted by Gasteiger charge is -2.35. The zero-order valence-electron chi connectivity index (χ0n) is 16.7. The number of aryl methyl sites for hydroxylation is 1. The van der Waals surface area contributed by atoms with Crippen molar-refractivity contribution in [2.24, 2.45) is 0 Å². The van der Waals surface area contributed by atoms with Gasteiger partial charge in [0.25, 0.3) is 5.91 Å². The molecule has 1 aliphatic heterocycles. The summed E-state index contributed by atoms with van der Waals surface area (Å²) in [4.78, 5) is 19.4. The highest BCUT2D eigenvalue weighted by Gasteiger charge is 2.32. The second kappa shape index (κ2) is 8.27. The Hall–Kier alpha value is -1.98. The third kappa shape index (κ3) is 4.84. The van der Waals surface area contributed by atoms with Crippen LogP contribution < -0.4 is 0 Å². The molecule has 0 bridgehead atoms. The molecular weight excluding hydrogens is 439 g/mol. The van der Waals surface area contributed by atoms with E-state index >= 15 is 0 Å². The Morgan fingerprint density at radius 1 is 1.20 bits per heavy atom. The maximum absolute atomic E-state index is 12.9. The molecule has 6 nitrogen and oxygen atoms in total. The lowest BCUT2D eigenvalue weighted by molar-refractivity contribution is -0.137. The smallest absolute Gasteiger partial charge is 0.338 e. The van der Waals surface area contributed by atoms with E-state index in [2.05, 4.69) is 4.98 Å². The summed E-state index contributed by atoms with van der Waals surface area (Å²) in [5.41, 5.74) is 0.302. The molecule has 1 aromatic heterocycles. The molecule has 0 atom stereocenters. The number of hydrogen-bond donors (Lipinski definition) is 0. The van der Waals surface area contributed by atoms with Gasteiger partial charge in [-0.3, -0.25) is 4.79 Å². The van der Waals surface area contributed by atoms with E-state index < -0.39 is 21.8 Å². The summed E-state index contributed by atoms with van der Waals surface area (Å²) in [6.45, 7) is 2.55. The average Bonchev–Trinajstić information content (AvgIpc) is 3.07. The normalized spacial score (nSPS) is 16.3. The maximum Gasteiger partial charge on any atom is 0.416 e. The standard InChI is InChI=1S/C19H22F3N3O3S2/c1-12-16(18(26)25-10-8-15(9-11-25)24(2)30(3,27)28)29-17(23-12)13-4-6-14(7-5-13)19(20,21)22/h4-7,15H,8-11H2,1-3H3. The Bertz CT molecular complexity index is 1030. The summed E-state index contributed by atoms with van der Waals surface area (Å²) in [7, 11) is -1.74. The SMILES string of the molecule is Cc1nc(-c2ccc(C(F)(F)F)cc2)sc1C(=O)N1CCC(N(C)S(C)(=O)=O)CC1. The van der Waals surface area contributed by atoms with E-state index in [1.54, 1.807) is 18.9 Å². The van der Waals surface area contributed by atoms with Crippen LogP contribution in [0.4, 0.5) is 13.2 Å². The summed E-state index contributed by atoms with van der Waals surface area (Å²) in [6, 6.07) is 4.55. The minimum Gasteiger partial charge on any atom is -0.338 e. The van der Waals surface area contributed by atoms with Gasteiger partial charge in [0.05, 0.1) is 17.5 Å². The van der Waals surface area contributed by atoms with Crippen molar-refractivity contribution < 1.29 is 26.4 Å². The zero-order valence-corrected chi connectivity index (χ0v) is 18.4. The van der Waals surface area contributed by atoms with E-state index in [1.165, 1.54) is 16.4 Å². The zero-order chi connectivity index (χ0) is 22.3. The Labute approximate surface area is 177 Å².